The van der Waals surface area contributed by atoms with Gasteiger partial charge in [0.15, 0.2) is 0 Å². The number of ether oxygens (including phenoxy) is 3. The van der Waals surface area contributed by atoms with Crippen molar-refractivity contribution in [3.63, 3.8) is 0 Å². The van der Waals surface area contributed by atoms with Crippen molar-refractivity contribution in [2.24, 2.45) is 51.9 Å². The Balaban J connectivity index is 1.60. The lowest BCUT2D eigenvalue weighted by molar-refractivity contribution is -0.205. The van der Waals surface area contributed by atoms with Gasteiger partial charge in [0.1, 0.15) is 0 Å². The molecule has 6 heteroatoms. The van der Waals surface area contributed by atoms with E-state index in [0.29, 0.717) is 66.4 Å². The van der Waals surface area contributed by atoms with Gasteiger partial charge in [-0.1, -0.05) is 112 Å². The molecule has 0 aromatic heterocycles. The summed E-state index contributed by atoms with van der Waals surface area (Å²) >= 11 is 0. The van der Waals surface area contributed by atoms with Gasteiger partial charge in [-0.3, -0.25) is 0 Å². The third-order valence-corrected chi connectivity index (χ3v) is 15.2. The number of rotatable bonds is 33. The van der Waals surface area contributed by atoms with Crippen molar-refractivity contribution in [1.29, 1.82) is 0 Å². The zero-order valence-electron chi connectivity index (χ0n) is 37.1. The first kappa shape index (κ1) is 48.1. The molecule has 3 fully saturated rings. The molecule has 1 unspecified atom stereocenters. The molecule has 0 radical (unpaired) electrons. The van der Waals surface area contributed by atoms with Crippen LogP contribution in [0.3, 0.4) is 0 Å². The maximum Gasteiger partial charge on any atom is 0.0637 e. The summed E-state index contributed by atoms with van der Waals surface area (Å²) in [4.78, 5) is 0. The Labute approximate surface area is 336 Å². The molecule has 0 aromatic rings. The number of fused-ring (bicyclic) bond motifs is 3. The molecule has 3 aliphatic rings. The molecule has 0 amide bonds. The minimum absolute atomic E-state index is 0.194. The topological polar surface area (TPSA) is 91.8 Å². The van der Waals surface area contributed by atoms with Crippen LogP contribution in [0.25, 0.3) is 0 Å². The predicted octanol–water partition coefficient (Wildman–Crippen LogP) is 11.6. The molecule has 0 aromatic carbocycles. The molecule has 6 nitrogen and oxygen atoms in total. The van der Waals surface area contributed by atoms with Crippen LogP contribution in [-0.4, -0.2) is 64.3 Å². The van der Waals surface area contributed by atoms with Gasteiger partial charge in [0.05, 0.1) is 18.3 Å². The lowest BCUT2D eigenvalue weighted by atomic mass is 9.46. The number of hydrogen-bond donors (Lipinski definition) is 3. The number of nitrogens with one attached hydrogen (secondary N) is 1. The van der Waals surface area contributed by atoms with Gasteiger partial charge >= 0.3 is 0 Å². The minimum Gasteiger partial charge on any atom is -0.378 e. The molecule has 0 saturated heterocycles. The molecular formula is C48H95N3O3. The van der Waals surface area contributed by atoms with Crippen LogP contribution in [0.15, 0.2) is 0 Å². The van der Waals surface area contributed by atoms with E-state index in [-0.39, 0.29) is 5.41 Å². The summed E-state index contributed by atoms with van der Waals surface area (Å²) in [5.41, 5.74) is 12.3. The molecule has 0 bridgehead atoms. The normalized spacial score (nSPS) is 30.7. The van der Waals surface area contributed by atoms with Gasteiger partial charge in [-0.15, -0.1) is 0 Å². The van der Waals surface area contributed by atoms with E-state index in [1.165, 1.54) is 141 Å². The SMILES string of the molecule is CCCCCCCCCCCCCNCCC[C@@H](C)[C@H]1CC[C@H]2C3[C@H](OCCCC)CC[C@](C)(CC[C@H](CC)OCCCN)[C@H]3C[C@H](OCCCN)[C@]12C. The average molecular weight is 762 g/mol. The van der Waals surface area contributed by atoms with Gasteiger partial charge in [0.25, 0.3) is 0 Å². The van der Waals surface area contributed by atoms with Crippen LogP contribution in [0.4, 0.5) is 0 Å². The maximum atomic E-state index is 7.07. The highest BCUT2D eigenvalue weighted by Crippen LogP contribution is 2.67. The molecule has 320 valence electrons. The molecule has 10 atom stereocenters. The fourth-order valence-corrected chi connectivity index (χ4v) is 11.7. The zero-order valence-corrected chi connectivity index (χ0v) is 37.1. The third kappa shape index (κ3) is 14.9. The summed E-state index contributed by atoms with van der Waals surface area (Å²) in [6, 6.07) is 0. The van der Waals surface area contributed by atoms with E-state index < -0.39 is 0 Å². The summed E-state index contributed by atoms with van der Waals surface area (Å²) in [5.74, 6) is 3.35. The first-order valence-corrected chi connectivity index (χ1v) is 24.3. The number of hydrogen-bond acceptors (Lipinski definition) is 6. The van der Waals surface area contributed by atoms with Crippen LogP contribution in [0.2, 0.25) is 0 Å². The van der Waals surface area contributed by atoms with Gasteiger partial charge in [-0.2, -0.15) is 0 Å². The second kappa shape index (κ2) is 27.4. The smallest absolute Gasteiger partial charge is 0.0637 e. The Bertz CT molecular complexity index is 922. The van der Waals surface area contributed by atoms with Gasteiger partial charge in [-0.25, -0.2) is 0 Å². The van der Waals surface area contributed by atoms with Gasteiger partial charge in [-0.05, 0) is 151 Å². The fourth-order valence-electron chi connectivity index (χ4n) is 11.7. The monoisotopic (exact) mass is 762 g/mol. The molecule has 3 aliphatic carbocycles. The lowest BCUT2D eigenvalue weighted by Crippen LogP contribution is -2.60. The van der Waals surface area contributed by atoms with E-state index in [1.807, 2.05) is 0 Å². The quantitative estimate of drug-likeness (QED) is 0.0577. The van der Waals surface area contributed by atoms with E-state index in [4.69, 9.17) is 25.7 Å². The van der Waals surface area contributed by atoms with E-state index in [2.05, 4.69) is 46.9 Å². The highest BCUT2D eigenvalue weighted by atomic mass is 16.5. The Morgan fingerprint density at radius 1 is 0.667 bits per heavy atom. The van der Waals surface area contributed by atoms with Crippen molar-refractivity contribution in [2.45, 2.75) is 220 Å². The van der Waals surface area contributed by atoms with Gasteiger partial charge in [0, 0.05) is 25.2 Å². The van der Waals surface area contributed by atoms with Crippen molar-refractivity contribution < 1.29 is 14.2 Å². The minimum atomic E-state index is 0.194. The van der Waals surface area contributed by atoms with Crippen molar-refractivity contribution in [1.82, 2.24) is 5.32 Å². The molecule has 0 spiro atoms. The van der Waals surface area contributed by atoms with Crippen LogP contribution in [0, 0.1) is 40.4 Å². The van der Waals surface area contributed by atoms with Gasteiger partial charge in [0.2, 0.25) is 0 Å². The Hall–Kier alpha value is -0.240. The second-order valence-corrected chi connectivity index (χ2v) is 19.0. The van der Waals surface area contributed by atoms with Crippen molar-refractivity contribution >= 4 is 0 Å². The predicted molar refractivity (Wildman–Crippen MR) is 232 cm³/mol. The highest BCUT2D eigenvalue weighted by molar-refractivity contribution is 5.13. The molecule has 54 heavy (non-hydrogen) atoms. The van der Waals surface area contributed by atoms with Crippen LogP contribution < -0.4 is 16.8 Å². The average Bonchev–Trinajstić information content (AvgIpc) is 3.54. The van der Waals surface area contributed by atoms with E-state index >= 15 is 0 Å². The van der Waals surface area contributed by atoms with Crippen LogP contribution in [-0.2, 0) is 14.2 Å². The summed E-state index contributed by atoms with van der Waals surface area (Å²) in [7, 11) is 0. The Morgan fingerprint density at radius 2 is 1.30 bits per heavy atom. The molecule has 3 rings (SSSR count). The standard InChI is InChI=1S/C48H95N3O3/c1-7-10-12-13-14-15-16-17-18-19-20-33-51-34-21-24-39(4)41-25-26-42-46-43(38-45(48(41,42)6)54-37-23-32-50)47(5,30-28-44(46)53-35-11-8-2)29-27-40(9-3)52-36-22-31-49/h39-46,51H,7-38,49-50H2,1-6H3/t39-,40+,41-,42+,43+,44-,45+,46?,47+,48-/m1/s1. The van der Waals surface area contributed by atoms with Gasteiger partial charge < -0.3 is 31.0 Å². The van der Waals surface area contributed by atoms with Crippen LogP contribution >= 0.6 is 0 Å². The summed E-state index contributed by atoms with van der Waals surface area (Å²) in [6.07, 6.45) is 33.3. The zero-order chi connectivity index (χ0) is 39.1. The summed E-state index contributed by atoms with van der Waals surface area (Å²) < 4.78 is 20.4. The fraction of sp³-hybridized carbons (Fsp3) is 1.00. The first-order valence-electron chi connectivity index (χ1n) is 24.3. The van der Waals surface area contributed by atoms with E-state index in [9.17, 15) is 0 Å². The van der Waals surface area contributed by atoms with Crippen molar-refractivity contribution in [2.75, 3.05) is 46.0 Å². The molecule has 0 heterocycles. The van der Waals surface area contributed by atoms with Crippen molar-refractivity contribution in [3.05, 3.63) is 0 Å². The van der Waals surface area contributed by atoms with E-state index in [0.717, 1.165) is 52.0 Å². The molecule has 5 N–H and O–H groups in total. The maximum absolute atomic E-state index is 7.07. The molecule has 0 aliphatic heterocycles. The highest BCUT2D eigenvalue weighted by Gasteiger charge is 2.64. The summed E-state index contributed by atoms with van der Waals surface area (Å²) in [5, 5.41) is 3.82. The molecule has 3 saturated carbocycles. The third-order valence-electron chi connectivity index (χ3n) is 15.2. The number of nitrogens with two attached hydrogens (primary N) is 2. The second-order valence-electron chi connectivity index (χ2n) is 19.0. The Morgan fingerprint density at radius 3 is 1.96 bits per heavy atom. The van der Waals surface area contributed by atoms with E-state index in [1.54, 1.807) is 0 Å². The van der Waals surface area contributed by atoms with Crippen molar-refractivity contribution in [3.8, 4) is 0 Å². The largest absolute Gasteiger partial charge is 0.378 e. The molecular weight excluding hydrogens is 667 g/mol. The van der Waals surface area contributed by atoms with Crippen LogP contribution in [0.1, 0.15) is 202 Å². The lowest BCUT2D eigenvalue weighted by Gasteiger charge is -2.61. The van der Waals surface area contributed by atoms with Crippen LogP contribution in [0.5, 0.6) is 0 Å². The summed E-state index contributed by atoms with van der Waals surface area (Å²) in [6.45, 7) is 21.1. The first-order chi connectivity index (χ1) is 26.3. The Kier molecular flexibility index (Phi) is 24.5. The number of unbranched alkanes of at least 4 members (excludes halogenated alkanes) is 11.